The molecule has 1 unspecified atom stereocenters. The summed E-state index contributed by atoms with van der Waals surface area (Å²) < 4.78 is 26.6. The Kier molecular flexibility index (Phi) is 5.78. The van der Waals surface area contributed by atoms with Gasteiger partial charge in [0.2, 0.25) is 11.8 Å². The molecule has 1 aliphatic heterocycles. The number of nitrogens with zero attached hydrogens (tertiary/aromatic N) is 2. The van der Waals surface area contributed by atoms with E-state index in [1.165, 1.54) is 11.8 Å². The molecule has 2 rings (SSSR count). The van der Waals surface area contributed by atoms with Gasteiger partial charge in [0.1, 0.15) is 6.04 Å². The minimum absolute atomic E-state index is 0.121. The highest BCUT2D eigenvalue weighted by atomic mass is 32.2. The predicted molar refractivity (Wildman–Crippen MR) is 91.3 cm³/mol. The zero-order valence-corrected chi connectivity index (χ0v) is 15.7. The lowest BCUT2D eigenvalue weighted by atomic mass is 10.0. The van der Waals surface area contributed by atoms with Gasteiger partial charge in [0.25, 0.3) is 15.9 Å². The number of nitrogens with one attached hydrogen (secondary N) is 2. The quantitative estimate of drug-likeness (QED) is 0.733. The molecule has 1 aromatic heterocycles. The molecule has 0 aromatic carbocycles. The second-order valence-electron chi connectivity index (χ2n) is 6.01. The van der Waals surface area contributed by atoms with E-state index in [9.17, 15) is 22.8 Å². The summed E-state index contributed by atoms with van der Waals surface area (Å²) in [4.78, 5) is 40.6. The number of hydrogen-bond donors (Lipinski definition) is 2. The van der Waals surface area contributed by atoms with Gasteiger partial charge in [0, 0.05) is 19.9 Å². The molecule has 1 aliphatic rings. The van der Waals surface area contributed by atoms with Crippen LogP contribution in [0, 0.1) is 5.92 Å². The minimum Gasteiger partial charge on any atom is -0.330 e. The summed E-state index contributed by atoms with van der Waals surface area (Å²) in [6.45, 7) is 5.22. The third kappa shape index (κ3) is 4.54. The van der Waals surface area contributed by atoms with Gasteiger partial charge >= 0.3 is 0 Å². The van der Waals surface area contributed by atoms with Gasteiger partial charge in [0.05, 0.1) is 6.20 Å². The molecule has 25 heavy (non-hydrogen) atoms. The number of sulfonamides is 1. The van der Waals surface area contributed by atoms with E-state index >= 15 is 0 Å². The van der Waals surface area contributed by atoms with E-state index in [-0.39, 0.29) is 27.1 Å². The van der Waals surface area contributed by atoms with Crippen molar-refractivity contribution in [3.05, 3.63) is 6.20 Å². The van der Waals surface area contributed by atoms with Crippen LogP contribution in [0.1, 0.15) is 33.6 Å². The van der Waals surface area contributed by atoms with Crippen molar-refractivity contribution in [2.75, 3.05) is 11.9 Å². The average Bonchev–Trinajstić information content (AvgIpc) is 3.08. The zero-order chi connectivity index (χ0) is 18.8. The molecular formula is C14H20N4O5S2. The van der Waals surface area contributed by atoms with Crippen molar-refractivity contribution in [3.8, 4) is 0 Å². The van der Waals surface area contributed by atoms with E-state index in [0.29, 0.717) is 19.4 Å². The van der Waals surface area contributed by atoms with Gasteiger partial charge < -0.3 is 10.2 Å². The van der Waals surface area contributed by atoms with Crippen molar-refractivity contribution in [2.45, 2.75) is 43.9 Å². The van der Waals surface area contributed by atoms with Crippen LogP contribution >= 0.6 is 11.3 Å². The van der Waals surface area contributed by atoms with E-state index in [1.54, 1.807) is 13.8 Å². The molecule has 0 bridgehead atoms. The molecule has 0 aliphatic carbocycles. The summed E-state index contributed by atoms with van der Waals surface area (Å²) in [6.07, 6.45) is 2.08. The van der Waals surface area contributed by atoms with Gasteiger partial charge in [-0.25, -0.2) is 18.1 Å². The molecule has 1 atom stereocenters. The van der Waals surface area contributed by atoms with E-state index in [1.807, 2.05) is 4.72 Å². The van der Waals surface area contributed by atoms with Crippen LogP contribution in [0.5, 0.6) is 0 Å². The molecule has 0 saturated carbocycles. The third-order valence-electron chi connectivity index (χ3n) is 3.61. The SMILES string of the molecule is CC(=O)Nc1ncc(S(=O)(=O)NC(=O)C(C(C)C)N2CCCC2=O)s1. The van der Waals surface area contributed by atoms with Crippen LogP contribution in [0.2, 0.25) is 0 Å². The van der Waals surface area contributed by atoms with Gasteiger partial charge in [-0.1, -0.05) is 25.2 Å². The molecule has 3 amide bonds. The molecular weight excluding hydrogens is 368 g/mol. The average molecular weight is 388 g/mol. The number of rotatable bonds is 6. The van der Waals surface area contributed by atoms with Crippen molar-refractivity contribution in [1.82, 2.24) is 14.6 Å². The normalized spacial score (nSPS) is 16.2. The lowest BCUT2D eigenvalue weighted by Gasteiger charge is -2.29. The monoisotopic (exact) mass is 388 g/mol. The topological polar surface area (TPSA) is 126 Å². The van der Waals surface area contributed by atoms with Crippen molar-refractivity contribution in [1.29, 1.82) is 0 Å². The van der Waals surface area contributed by atoms with Gasteiger partial charge in [-0.15, -0.1) is 0 Å². The number of carbonyl (C=O) groups is 3. The molecule has 0 spiro atoms. The van der Waals surface area contributed by atoms with E-state index < -0.39 is 22.0 Å². The smallest absolute Gasteiger partial charge is 0.275 e. The van der Waals surface area contributed by atoms with E-state index in [2.05, 4.69) is 10.3 Å². The second-order valence-corrected chi connectivity index (χ2v) is 8.95. The van der Waals surface area contributed by atoms with Crippen LogP contribution in [0.25, 0.3) is 0 Å². The highest BCUT2D eigenvalue weighted by Gasteiger charge is 2.37. The number of aromatic nitrogens is 1. The Balaban J connectivity index is 2.17. The lowest BCUT2D eigenvalue weighted by molar-refractivity contribution is -0.138. The van der Waals surface area contributed by atoms with Gasteiger partial charge in [-0.05, 0) is 12.3 Å². The second kappa shape index (κ2) is 7.48. The van der Waals surface area contributed by atoms with Crippen LogP contribution in [-0.4, -0.2) is 48.6 Å². The Morgan fingerprint density at radius 1 is 1.36 bits per heavy atom. The van der Waals surface area contributed by atoms with Gasteiger partial charge in [0.15, 0.2) is 9.34 Å². The third-order valence-corrected chi connectivity index (χ3v) is 6.33. The maximum atomic E-state index is 12.5. The Bertz CT molecular complexity index is 787. The van der Waals surface area contributed by atoms with Crippen molar-refractivity contribution < 1.29 is 22.8 Å². The Morgan fingerprint density at radius 3 is 2.56 bits per heavy atom. The first-order valence-corrected chi connectivity index (χ1v) is 10.0. The Labute approximate surface area is 149 Å². The summed E-state index contributed by atoms with van der Waals surface area (Å²) in [7, 11) is -4.13. The fourth-order valence-electron chi connectivity index (χ4n) is 2.60. The number of hydrogen-bond acceptors (Lipinski definition) is 7. The fourth-order valence-corrected chi connectivity index (χ4v) is 4.68. The Hall–Kier alpha value is -2.01. The first-order valence-electron chi connectivity index (χ1n) is 7.71. The number of likely N-dealkylation sites (tertiary alicyclic amines) is 1. The lowest BCUT2D eigenvalue weighted by Crippen LogP contribution is -2.51. The fraction of sp³-hybridized carbons (Fsp3) is 0.571. The molecule has 2 N–H and O–H groups in total. The molecule has 0 radical (unpaired) electrons. The highest BCUT2D eigenvalue weighted by Crippen LogP contribution is 2.24. The van der Waals surface area contributed by atoms with Crippen molar-refractivity contribution >= 4 is 44.2 Å². The van der Waals surface area contributed by atoms with Crippen LogP contribution in [-0.2, 0) is 24.4 Å². The van der Waals surface area contributed by atoms with Gasteiger partial charge in [-0.3, -0.25) is 14.4 Å². The maximum Gasteiger partial charge on any atom is 0.275 e. The standard InChI is InChI=1S/C14H20N4O5S2/c1-8(2)12(18-6-4-5-10(18)20)13(21)17-25(22,23)11-7-15-14(24-11)16-9(3)19/h7-8,12H,4-6H2,1-3H3,(H,17,21)(H,15,16,19). The summed E-state index contributed by atoms with van der Waals surface area (Å²) in [5.74, 6) is -1.53. The highest BCUT2D eigenvalue weighted by molar-refractivity contribution is 7.92. The molecule has 1 aromatic rings. The van der Waals surface area contributed by atoms with Crippen LogP contribution in [0.4, 0.5) is 5.13 Å². The minimum atomic E-state index is -4.13. The summed E-state index contributed by atoms with van der Waals surface area (Å²) >= 11 is 0.737. The Morgan fingerprint density at radius 2 is 2.04 bits per heavy atom. The molecule has 9 nitrogen and oxygen atoms in total. The summed E-state index contributed by atoms with van der Waals surface area (Å²) in [5, 5.41) is 2.50. The first kappa shape index (κ1) is 19.3. The summed E-state index contributed by atoms with van der Waals surface area (Å²) in [6, 6.07) is -0.854. The van der Waals surface area contributed by atoms with Crippen LogP contribution < -0.4 is 10.0 Å². The maximum absolute atomic E-state index is 12.5. The van der Waals surface area contributed by atoms with Crippen molar-refractivity contribution in [3.63, 3.8) is 0 Å². The number of carbonyl (C=O) groups excluding carboxylic acids is 3. The van der Waals surface area contributed by atoms with E-state index in [0.717, 1.165) is 17.5 Å². The molecule has 11 heteroatoms. The first-order chi connectivity index (χ1) is 11.6. The number of anilines is 1. The van der Waals surface area contributed by atoms with E-state index in [4.69, 9.17) is 0 Å². The molecule has 1 saturated heterocycles. The predicted octanol–water partition coefficient (Wildman–Crippen LogP) is 0.553. The number of thiazole rings is 1. The molecule has 1 fully saturated rings. The molecule has 2 heterocycles. The number of amides is 3. The van der Waals surface area contributed by atoms with Crippen molar-refractivity contribution in [2.24, 2.45) is 5.92 Å². The van der Waals surface area contributed by atoms with Crippen LogP contribution in [0.3, 0.4) is 0 Å². The molecule has 138 valence electrons. The largest absolute Gasteiger partial charge is 0.330 e. The zero-order valence-electron chi connectivity index (χ0n) is 14.1. The van der Waals surface area contributed by atoms with Crippen LogP contribution in [0.15, 0.2) is 10.4 Å². The summed E-state index contributed by atoms with van der Waals surface area (Å²) in [5.41, 5.74) is 0. The van der Waals surface area contributed by atoms with Gasteiger partial charge in [-0.2, -0.15) is 0 Å².